The number of amidine groups is 1. The number of ether oxygens (including phenoxy) is 2. The van der Waals surface area contributed by atoms with Crippen LogP contribution < -0.4 is 14.8 Å². The molecule has 1 fully saturated rings. The number of benzene rings is 2. The van der Waals surface area contributed by atoms with Gasteiger partial charge in [-0.15, -0.1) is 5.10 Å². The molecule has 1 heterocycles. The molecule has 1 amide bonds. The van der Waals surface area contributed by atoms with E-state index in [9.17, 15) is 4.79 Å². The highest BCUT2D eigenvalue weighted by Crippen LogP contribution is 2.28. The summed E-state index contributed by atoms with van der Waals surface area (Å²) in [6, 6.07) is 13.5. The van der Waals surface area contributed by atoms with E-state index in [-0.39, 0.29) is 11.2 Å². The summed E-state index contributed by atoms with van der Waals surface area (Å²) < 4.78 is 10.9. The average molecular weight is 410 g/mol. The standard InChI is InChI=1S/C22H23N3O3S/c1-4-11-28-18-10-9-16(12-19(18)27-3)14-23-25-22-24-21(26)20(29-22)13-17-8-6-5-7-15(17)2/h4-10,12,14,20H,1,11,13H2,2-3H3,(H,24,25,26)/b23-14+. The third-order valence-corrected chi connectivity index (χ3v) is 5.41. The quantitative estimate of drug-likeness (QED) is 0.410. The highest BCUT2D eigenvalue weighted by atomic mass is 32.2. The molecule has 0 aromatic heterocycles. The second-order valence-electron chi connectivity index (χ2n) is 6.39. The lowest BCUT2D eigenvalue weighted by Gasteiger charge is -2.09. The predicted molar refractivity (Wildman–Crippen MR) is 118 cm³/mol. The van der Waals surface area contributed by atoms with Gasteiger partial charge in [-0.3, -0.25) is 4.79 Å². The van der Waals surface area contributed by atoms with Crippen LogP contribution in [0.15, 0.2) is 65.3 Å². The SMILES string of the molecule is C=CCOc1ccc(/C=N/N=C2\NC(=O)C(Cc3ccccc3C)S2)cc1OC. The van der Waals surface area contributed by atoms with Crippen LogP contribution in [0.25, 0.3) is 0 Å². The first-order chi connectivity index (χ1) is 14.1. The van der Waals surface area contributed by atoms with Crippen molar-refractivity contribution >= 4 is 29.1 Å². The van der Waals surface area contributed by atoms with Crippen molar-refractivity contribution in [2.24, 2.45) is 10.2 Å². The molecule has 1 atom stereocenters. The van der Waals surface area contributed by atoms with E-state index in [0.29, 0.717) is 29.7 Å². The van der Waals surface area contributed by atoms with Crippen molar-refractivity contribution in [2.75, 3.05) is 13.7 Å². The molecule has 2 aromatic carbocycles. The number of methoxy groups -OCH3 is 1. The zero-order valence-electron chi connectivity index (χ0n) is 16.4. The maximum absolute atomic E-state index is 12.2. The van der Waals surface area contributed by atoms with Gasteiger partial charge in [-0.05, 0) is 48.2 Å². The van der Waals surface area contributed by atoms with Gasteiger partial charge >= 0.3 is 0 Å². The van der Waals surface area contributed by atoms with Gasteiger partial charge < -0.3 is 14.8 Å². The van der Waals surface area contributed by atoms with E-state index in [0.717, 1.165) is 11.1 Å². The first-order valence-electron chi connectivity index (χ1n) is 9.15. The van der Waals surface area contributed by atoms with Crippen LogP contribution in [-0.2, 0) is 11.2 Å². The monoisotopic (exact) mass is 409 g/mol. The molecule has 6 nitrogen and oxygen atoms in total. The lowest BCUT2D eigenvalue weighted by Crippen LogP contribution is -2.26. The number of hydrogen-bond donors (Lipinski definition) is 1. The second-order valence-corrected chi connectivity index (χ2v) is 7.58. The molecule has 0 bridgehead atoms. The predicted octanol–water partition coefficient (Wildman–Crippen LogP) is 3.73. The molecule has 7 heteroatoms. The number of aryl methyl sites for hydroxylation is 1. The Morgan fingerprint density at radius 2 is 2.07 bits per heavy atom. The fourth-order valence-electron chi connectivity index (χ4n) is 2.81. The summed E-state index contributed by atoms with van der Waals surface area (Å²) in [7, 11) is 1.58. The van der Waals surface area contributed by atoms with Gasteiger partial charge in [-0.2, -0.15) is 5.10 Å². The Labute approximate surface area is 174 Å². The van der Waals surface area contributed by atoms with Crippen molar-refractivity contribution in [3.8, 4) is 11.5 Å². The minimum Gasteiger partial charge on any atom is -0.493 e. The van der Waals surface area contributed by atoms with E-state index in [1.807, 2.05) is 43.3 Å². The number of carbonyl (C=O) groups is 1. The van der Waals surface area contributed by atoms with Gasteiger partial charge in [0.25, 0.3) is 0 Å². The molecule has 0 aliphatic carbocycles. The number of hydrogen-bond acceptors (Lipinski definition) is 6. The molecule has 1 N–H and O–H groups in total. The van der Waals surface area contributed by atoms with Crippen LogP contribution >= 0.6 is 11.8 Å². The van der Waals surface area contributed by atoms with Crippen LogP contribution in [0, 0.1) is 6.92 Å². The molecule has 0 radical (unpaired) electrons. The normalized spacial score (nSPS) is 17.5. The summed E-state index contributed by atoms with van der Waals surface area (Å²) in [5.74, 6) is 1.19. The van der Waals surface area contributed by atoms with Crippen LogP contribution in [0.1, 0.15) is 16.7 Å². The summed E-state index contributed by atoms with van der Waals surface area (Å²) in [5.41, 5.74) is 3.15. The number of nitrogens with one attached hydrogen (secondary N) is 1. The van der Waals surface area contributed by atoms with Gasteiger partial charge in [-0.1, -0.05) is 48.7 Å². The van der Waals surface area contributed by atoms with E-state index in [2.05, 4.69) is 22.1 Å². The Morgan fingerprint density at radius 3 is 2.83 bits per heavy atom. The van der Waals surface area contributed by atoms with Crippen molar-refractivity contribution in [2.45, 2.75) is 18.6 Å². The van der Waals surface area contributed by atoms with Crippen molar-refractivity contribution < 1.29 is 14.3 Å². The Bertz CT molecular complexity index is 956. The second kappa shape index (κ2) is 9.93. The summed E-state index contributed by atoms with van der Waals surface area (Å²) in [5, 5.41) is 11.3. The number of nitrogens with zero attached hydrogens (tertiary/aromatic N) is 2. The van der Waals surface area contributed by atoms with Crippen LogP contribution in [0.5, 0.6) is 11.5 Å². The summed E-state index contributed by atoms with van der Waals surface area (Å²) in [6.45, 7) is 6.08. The molecule has 1 aliphatic heterocycles. The van der Waals surface area contributed by atoms with Gasteiger partial charge in [-0.25, -0.2) is 0 Å². The molecule has 1 aliphatic rings. The van der Waals surface area contributed by atoms with Crippen molar-refractivity contribution in [3.63, 3.8) is 0 Å². The first kappa shape index (κ1) is 20.7. The molecule has 0 saturated carbocycles. The van der Waals surface area contributed by atoms with Crippen molar-refractivity contribution in [1.82, 2.24) is 5.32 Å². The molecule has 3 rings (SSSR count). The molecule has 1 saturated heterocycles. The minimum absolute atomic E-state index is 0.0439. The van der Waals surface area contributed by atoms with Gasteiger partial charge in [0.1, 0.15) is 6.61 Å². The van der Waals surface area contributed by atoms with Gasteiger partial charge in [0.05, 0.1) is 18.6 Å². The lowest BCUT2D eigenvalue weighted by molar-refractivity contribution is -0.118. The van der Waals surface area contributed by atoms with Crippen LogP contribution in [0.3, 0.4) is 0 Å². The maximum Gasteiger partial charge on any atom is 0.239 e. The molecule has 2 aromatic rings. The number of carbonyl (C=O) groups excluding carboxylic acids is 1. The molecule has 1 unspecified atom stereocenters. The van der Waals surface area contributed by atoms with Gasteiger partial charge in [0.2, 0.25) is 5.91 Å². The van der Waals surface area contributed by atoms with Crippen LogP contribution in [-0.4, -0.2) is 36.3 Å². The molecular weight excluding hydrogens is 386 g/mol. The largest absolute Gasteiger partial charge is 0.493 e. The van der Waals surface area contributed by atoms with E-state index >= 15 is 0 Å². The topological polar surface area (TPSA) is 72.3 Å². The minimum atomic E-state index is -0.202. The van der Waals surface area contributed by atoms with E-state index < -0.39 is 0 Å². The number of amides is 1. The summed E-state index contributed by atoms with van der Waals surface area (Å²) >= 11 is 1.40. The van der Waals surface area contributed by atoms with Gasteiger partial charge in [0, 0.05) is 0 Å². The van der Waals surface area contributed by atoms with Crippen LogP contribution in [0.4, 0.5) is 0 Å². The highest BCUT2D eigenvalue weighted by molar-refractivity contribution is 8.15. The number of thioether (sulfide) groups is 1. The van der Waals surface area contributed by atoms with Crippen LogP contribution in [0.2, 0.25) is 0 Å². The molecule has 150 valence electrons. The smallest absolute Gasteiger partial charge is 0.239 e. The molecule has 0 spiro atoms. The summed E-state index contributed by atoms with van der Waals surface area (Å²) in [4.78, 5) is 12.2. The Hall–Kier alpha value is -3.06. The Kier molecular flexibility index (Phi) is 7.08. The highest BCUT2D eigenvalue weighted by Gasteiger charge is 2.30. The van der Waals surface area contributed by atoms with E-state index in [4.69, 9.17) is 9.47 Å². The fourth-order valence-corrected chi connectivity index (χ4v) is 3.76. The molecule has 29 heavy (non-hydrogen) atoms. The fraction of sp³-hybridized carbons (Fsp3) is 0.227. The first-order valence-corrected chi connectivity index (χ1v) is 10.0. The zero-order chi connectivity index (χ0) is 20.6. The molecular formula is C22H23N3O3S. The third kappa shape index (κ3) is 5.48. The van der Waals surface area contributed by atoms with E-state index in [1.165, 1.54) is 17.3 Å². The third-order valence-electron chi connectivity index (χ3n) is 4.34. The maximum atomic E-state index is 12.2. The zero-order valence-corrected chi connectivity index (χ0v) is 17.2. The van der Waals surface area contributed by atoms with Crippen molar-refractivity contribution in [3.05, 3.63) is 71.8 Å². The number of rotatable bonds is 8. The summed E-state index contributed by atoms with van der Waals surface area (Å²) in [6.07, 6.45) is 3.94. The Morgan fingerprint density at radius 1 is 1.24 bits per heavy atom. The van der Waals surface area contributed by atoms with Gasteiger partial charge in [0.15, 0.2) is 16.7 Å². The van der Waals surface area contributed by atoms with E-state index in [1.54, 1.807) is 25.5 Å². The average Bonchev–Trinajstić information content (AvgIpc) is 3.07. The van der Waals surface area contributed by atoms with Crippen molar-refractivity contribution in [1.29, 1.82) is 0 Å². The Balaban J connectivity index is 1.64. The lowest BCUT2D eigenvalue weighted by atomic mass is 10.0.